The van der Waals surface area contributed by atoms with Crippen LogP contribution in [0.5, 0.6) is 0 Å². The van der Waals surface area contributed by atoms with Gasteiger partial charge in [0.25, 0.3) is 0 Å². The van der Waals surface area contributed by atoms with Crippen LogP contribution in [0.4, 0.5) is 0 Å². The standard InChI is InChI=1S/2C2H6.CH2Cl2.CH4O/c2*1-2;2-1-3;1-2/h2*1-2H3;1H2;2H,1H3. The van der Waals surface area contributed by atoms with Crippen LogP contribution < -0.4 is 0 Å². The third-order valence-corrected chi connectivity index (χ3v) is 0. The van der Waals surface area contributed by atoms with Crippen molar-refractivity contribution in [3.8, 4) is 0 Å². The molecule has 0 saturated heterocycles. The minimum Gasteiger partial charge on any atom is -0.400 e. The zero-order chi connectivity index (χ0) is 8.71. The molecule has 1 N–H and O–H groups in total. The van der Waals surface area contributed by atoms with E-state index in [1.165, 1.54) is 0 Å². The molecule has 3 heteroatoms. The van der Waals surface area contributed by atoms with Gasteiger partial charge < -0.3 is 5.11 Å². The fourth-order valence-electron chi connectivity index (χ4n) is 0. The summed E-state index contributed by atoms with van der Waals surface area (Å²) in [6.45, 7) is 8.00. The summed E-state index contributed by atoms with van der Waals surface area (Å²) in [6.07, 6.45) is 0. The number of rotatable bonds is 0. The van der Waals surface area contributed by atoms with E-state index in [-0.39, 0.29) is 5.34 Å². The van der Waals surface area contributed by atoms with Crippen molar-refractivity contribution in [1.82, 2.24) is 0 Å². The third kappa shape index (κ3) is 1250. The second kappa shape index (κ2) is 205. The smallest absolute Gasteiger partial charge is 0.0967 e. The lowest BCUT2D eigenvalue weighted by Gasteiger charge is -1.42. The Morgan fingerprint density at radius 2 is 0.889 bits per heavy atom. The molecule has 0 fully saturated rings. The van der Waals surface area contributed by atoms with Crippen LogP contribution in [0.1, 0.15) is 27.7 Å². The Hall–Kier alpha value is 0.540. The van der Waals surface area contributed by atoms with Crippen LogP contribution in [0.2, 0.25) is 0 Å². The first-order valence-electron chi connectivity index (χ1n) is 2.98. The minimum absolute atomic E-state index is 0.194. The largest absolute Gasteiger partial charge is 0.400 e. The Kier molecular flexibility index (Phi) is 516. The number of hydrogen-bond acceptors (Lipinski definition) is 1. The number of hydrogen-bond donors (Lipinski definition) is 1. The van der Waals surface area contributed by atoms with Crippen molar-refractivity contribution >= 4 is 23.2 Å². The predicted octanol–water partition coefficient (Wildman–Crippen LogP) is 3.08. The van der Waals surface area contributed by atoms with E-state index in [9.17, 15) is 0 Å². The molecule has 0 aliphatic carbocycles. The van der Waals surface area contributed by atoms with Gasteiger partial charge >= 0.3 is 0 Å². The molecule has 1 nitrogen and oxygen atoms in total. The highest BCUT2D eigenvalue weighted by atomic mass is 35.5. The molecule has 0 bridgehead atoms. The van der Waals surface area contributed by atoms with Crippen molar-refractivity contribution < 1.29 is 5.11 Å². The maximum absolute atomic E-state index is 7.00. The van der Waals surface area contributed by atoms with E-state index < -0.39 is 0 Å². The van der Waals surface area contributed by atoms with Crippen LogP contribution in [-0.4, -0.2) is 17.6 Å². The number of aliphatic hydroxyl groups excluding tert-OH is 1. The Morgan fingerprint density at radius 1 is 0.889 bits per heavy atom. The second-order valence-electron chi connectivity index (χ2n) is 0.101. The molecular weight excluding hydrogens is 159 g/mol. The SMILES string of the molecule is CC.CC.CO.ClCCl. The van der Waals surface area contributed by atoms with Crippen LogP contribution in [0.3, 0.4) is 0 Å². The first-order valence-corrected chi connectivity index (χ1v) is 4.05. The molecule has 0 aromatic heterocycles. The Morgan fingerprint density at radius 3 is 0.889 bits per heavy atom. The van der Waals surface area contributed by atoms with Gasteiger partial charge in [-0.25, -0.2) is 0 Å². The maximum Gasteiger partial charge on any atom is 0.0967 e. The first kappa shape index (κ1) is 22.7. The molecule has 0 amide bonds. The van der Waals surface area contributed by atoms with E-state index in [0.717, 1.165) is 7.11 Å². The zero-order valence-electron chi connectivity index (χ0n) is 6.91. The van der Waals surface area contributed by atoms with E-state index in [1.54, 1.807) is 0 Å². The fraction of sp³-hybridized carbons (Fsp3) is 1.00. The highest BCUT2D eigenvalue weighted by Gasteiger charge is 1.41. The van der Waals surface area contributed by atoms with Crippen molar-refractivity contribution in [2.75, 3.05) is 12.4 Å². The predicted molar refractivity (Wildman–Crippen MR) is 47.4 cm³/mol. The summed E-state index contributed by atoms with van der Waals surface area (Å²) in [6, 6.07) is 0. The maximum atomic E-state index is 7.00. The topological polar surface area (TPSA) is 20.2 Å². The van der Waals surface area contributed by atoms with Gasteiger partial charge in [-0.3, -0.25) is 0 Å². The van der Waals surface area contributed by atoms with Crippen LogP contribution in [-0.2, 0) is 0 Å². The Bertz CT molecular complexity index is 11.0. The molecule has 9 heavy (non-hydrogen) atoms. The number of halogens is 2. The van der Waals surface area contributed by atoms with Crippen LogP contribution in [0.25, 0.3) is 0 Å². The van der Waals surface area contributed by atoms with Crippen molar-refractivity contribution in [3.63, 3.8) is 0 Å². The molecule has 0 atom stereocenters. The summed E-state index contributed by atoms with van der Waals surface area (Å²) in [5, 5.41) is 7.19. The monoisotopic (exact) mass is 176 g/mol. The van der Waals surface area contributed by atoms with Gasteiger partial charge in [0, 0.05) is 7.11 Å². The molecule has 0 aliphatic heterocycles. The average molecular weight is 177 g/mol. The van der Waals surface area contributed by atoms with Gasteiger partial charge in [-0.05, 0) is 0 Å². The third-order valence-electron chi connectivity index (χ3n) is 0. The lowest BCUT2D eigenvalue weighted by molar-refractivity contribution is 0.399. The summed E-state index contributed by atoms with van der Waals surface area (Å²) in [5.74, 6) is 0. The summed E-state index contributed by atoms with van der Waals surface area (Å²) < 4.78 is 0. The zero-order valence-corrected chi connectivity index (χ0v) is 8.42. The van der Waals surface area contributed by atoms with Gasteiger partial charge in [0.2, 0.25) is 0 Å². The number of alkyl halides is 2. The molecule has 62 valence electrons. The molecule has 0 radical (unpaired) electrons. The van der Waals surface area contributed by atoms with E-state index in [4.69, 9.17) is 28.3 Å². The Balaban J connectivity index is -0.0000000190. The average Bonchev–Trinajstić information content (AvgIpc) is 2.01. The summed E-state index contributed by atoms with van der Waals surface area (Å²) in [4.78, 5) is 0. The van der Waals surface area contributed by atoms with Crippen molar-refractivity contribution in [2.45, 2.75) is 27.7 Å². The molecular formula is C6H18Cl2O. The molecule has 0 spiro atoms. The van der Waals surface area contributed by atoms with E-state index in [0.29, 0.717) is 0 Å². The highest BCUT2D eigenvalue weighted by molar-refractivity contribution is 6.40. The molecule has 0 rings (SSSR count). The van der Waals surface area contributed by atoms with Crippen LogP contribution >= 0.6 is 23.2 Å². The first-order chi connectivity index (χ1) is 4.41. The van der Waals surface area contributed by atoms with E-state index >= 15 is 0 Å². The van der Waals surface area contributed by atoms with Crippen LogP contribution in [0, 0.1) is 0 Å². The van der Waals surface area contributed by atoms with Gasteiger partial charge in [-0.15, -0.1) is 23.2 Å². The summed E-state index contributed by atoms with van der Waals surface area (Å²) >= 11 is 9.53. The molecule has 0 aromatic carbocycles. The van der Waals surface area contributed by atoms with Gasteiger partial charge in [0.05, 0.1) is 5.34 Å². The van der Waals surface area contributed by atoms with Crippen molar-refractivity contribution in [3.05, 3.63) is 0 Å². The van der Waals surface area contributed by atoms with Gasteiger partial charge in [-0.1, -0.05) is 27.7 Å². The number of aliphatic hydroxyl groups is 1. The Labute approximate surface area is 69.0 Å². The molecule has 0 saturated carbocycles. The van der Waals surface area contributed by atoms with Gasteiger partial charge in [0.15, 0.2) is 0 Å². The van der Waals surface area contributed by atoms with Gasteiger partial charge in [-0.2, -0.15) is 0 Å². The van der Waals surface area contributed by atoms with Crippen molar-refractivity contribution in [2.24, 2.45) is 0 Å². The molecule has 0 aliphatic rings. The van der Waals surface area contributed by atoms with Crippen molar-refractivity contribution in [1.29, 1.82) is 0 Å². The molecule has 0 aromatic rings. The normalized spacial score (nSPS) is 4.00. The summed E-state index contributed by atoms with van der Waals surface area (Å²) in [5.41, 5.74) is 0. The minimum atomic E-state index is 0.194. The quantitative estimate of drug-likeness (QED) is 0.563. The summed E-state index contributed by atoms with van der Waals surface area (Å²) in [7, 11) is 1.00. The molecule has 0 heterocycles. The fourth-order valence-corrected chi connectivity index (χ4v) is 0. The lowest BCUT2D eigenvalue weighted by Crippen LogP contribution is -1.25. The second-order valence-corrected chi connectivity index (χ2v) is 0.909. The molecule has 0 unspecified atom stereocenters. The van der Waals surface area contributed by atoms with Crippen LogP contribution in [0.15, 0.2) is 0 Å². The van der Waals surface area contributed by atoms with E-state index in [1.807, 2.05) is 27.7 Å². The lowest BCUT2D eigenvalue weighted by atomic mass is 11.0. The van der Waals surface area contributed by atoms with Gasteiger partial charge in [0.1, 0.15) is 0 Å². The highest BCUT2D eigenvalue weighted by Crippen LogP contribution is 1.73. The van der Waals surface area contributed by atoms with E-state index in [2.05, 4.69) is 0 Å².